The summed E-state index contributed by atoms with van der Waals surface area (Å²) in [6.07, 6.45) is 2.73. The summed E-state index contributed by atoms with van der Waals surface area (Å²) >= 11 is 17.6. The van der Waals surface area contributed by atoms with E-state index in [-0.39, 0.29) is 34.7 Å². The number of amides is 2. The molecule has 1 fully saturated rings. The maximum Gasteiger partial charge on any atom is 0.277 e. The first-order valence-corrected chi connectivity index (χ1v) is 11.3. The van der Waals surface area contributed by atoms with Gasteiger partial charge in [0, 0.05) is 35.0 Å². The number of thiocarbonyl (C=S) groups is 1. The van der Waals surface area contributed by atoms with Crippen molar-refractivity contribution >= 4 is 57.8 Å². The summed E-state index contributed by atoms with van der Waals surface area (Å²) in [4.78, 5) is 35.8. The summed E-state index contributed by atoms with van der Waals surface area (Å²) in [6, 6.07) is 7.84. The van der Waals surface area contributed by atoms with Crippen molar-refractivity contribution in [3.05, 3.63) is 63.4 Å². The van der Waals surface area contributed by atoms with E-state index < -0.39 is 11.8 Å². The fourth-order valence-electron chi connectivity index (χ4n) is 3.39. The third-order valence-electron chi connectivity index (χ3n) is 5.04. The number of aryl methyl sites for hydroxylation is 1. The zero-order valence-electron chi connectivity index (χ0n) is 18.1. The Balaban J connectivity index is 1.72. The van der Waals surface area contributed by atoms with Crippen molar-refractivity contribution in [2.45, 2.75) is 25.9 Å². The van der Waals surface area contributed by atoms with Gasteiger partial charge in [0.15, 0.2) is 5.82 Å². The Labute approximate surface area is 210 Å². The summed E-state index contributed by atoms with van der Waals surface area (Å²) in [5, 5.41) is 7.79. The first-order valence-electron chi connectivity index (χ1n) is 10.1. The Hall–Kier alpha value is -3.05. The Kier molecular flexibility index (Phi) is 7.13. The van der Waals surface area contributed by atoms with E-state index in [1.807, 2.05) is 0 Å². The van der Waals surface area contributed by atoms with Gasteiger partial charge >= 0.3 is 0 Å². The molecule has 0 radical (unpaired) electrons. The molecule has 2 amide bonds. The molecule has 2 heterocycles. The zero-order valence-corrected chi connectivity index (χ0v) is 20.4. The van der Waals surface area contributed by atoms with E-state index in [0.717, 1.165) is 4.86 Å². The zero-order chi connectivity index (χ0) is 24.4. The van der Waals surface area contributed by atoms with Crippen molar-refractivity contribution < 1.29 is 19.2 Å². The van der Waals surface area contributed by atoms with Crippen molar-refractivity contribution in [2.24, 2.45) is 0 Å². The largest absolute Gasteiger partial charge is 0.473 e. The van der Waals surface area contributed by atoms with Crippen LogP contribution in [0.1, 0.15) is 39.3 Å². The number of hydroxylamine groups is 1. The number of rotatable bonds is 7. The minimum absolute atomic E-state index is 0.102. The summed E-state index contributed by atoms with van der Waals surface area (Å²) in [5.74, 6) is -0.664. The number of halogens is 2. The number of carbonyl (C=O) groups is 2. The molecule has 0 bridgehead atoms. The molecule has 9 nitrogen and oxygen atoms in total. The summed E-state index contributed by atoms with van der Waals surface area (Å²) < 4.78 is 7.16. The lowest BCUT2D eigenvalue weighted by Gasteiger charge is -2.26. The average molecular weight is 520 g/mol. The van der Waals surface area contributed by atoms with Crippen LogP contribution in [0, 0.1) is 6.92 Å². The fourth-order valence-corrected chi connectivity index (χ4v) is 4.24. The minimum atomic E-state index is -0.574. The second kappa shape index (κ2) is 10.1. The van der Waals surface area contributed by atoms with E-state index in [1.54, 1.807) is 25.1 Å². The Morgan fingerprint density at radius 2 is 1.97 bits per heavy atom. The van der Waals surface area contributed by atoms with Crippen LogP contribution in [0.15, 0.2) is 36.5 Å². The number of benzene rings is 1. The second-order valence-corrected chi connectivity index (χ2v) is 8.93. The van der Waals surface area contributed by atoms with Gasteiger partial charge in [-0.2, -0.15) is 0 Å². The van der Waals surface area contributed by atoms with Crippen LogP contribution in [0.4, 0.5) is 5.69 Å². The first-order chi connectivity index (χ1) is 16.3. The average Bonchev–Trinajstić information content (AvgIpc) is 3.18. The van der Waals surface area contributed by atoms with E-state index in [4.69, 9.17) is 45.0 Å². The van der Waals surface area contributed by atoms with Crippen molar-refractivity contribution in [1.29, 1.82) is 0 Å². The Morgan fingerprint density at radius 3 is 2.65 bits per heavy atom. The summed E-state index contributed by atoms with van der Waals surface area (Å²) in [7, 11) is 1.30. The number of hydrogen-bond donors (Lipinski definition) is 2. The normalized spacial score (nSPS) is 13.4. The van der Waals surface area contributed by atoms with Crippen LogP contribution in [-0.4, -0.2) is 44.7 Å². The highest BCUT2D eigenvalue weighted by Gasteiger charge is 2.28. The molecule has 1 aliphatic carbocycles. The molecule has 1 aromatic carbocycles. The van der Waals surface area contributed by atoms with E-state index >= 15 is 0 Å². The monoisotopic (exact) mass is 519 g/mol. The highest BCUT2D eigenvalue weighted by Crippen LogP contribution is 2.29. The smallest absolute Gasteiger partial charge is 0.277 e. The maximum absolute atomic E-state index is 13.4. The number of carbonyl (C=O) groups excluding carboxylic acids is 2. The van der Waals surface area contributed by atoms with Gasteiger partial charge < -0.3 is 10.1 Å². The molecule has 0 spiro atoms. The lowest BCUT2D eigenvalue weighted by molar-refractivity contribution is 0.0538. The minimum Gasteiger partial charge on any atom is -0.473 e. The van der Waals surface area contributed by atoms with Gasteiger partial charge in [-0.05, 0) is 36.8 Å². The molecule has 0 unspecified atom stereocenters. The van der Waals surface area contributed by atoms with E-state index in [9.17, 15) is 9.59 Å². The van der Waals surface area contributed by atoms with Crippen LogP contribution < -0.4 is 15.5 Å². The highest BCUT2D eigenvalue weighted by molar-refractivity contribution is 7.80. The molecule has 3 aromatic rings. The SMILES string of the molecule is CONC(=O)c1cc(Cl)cc(C)c1NC(=O)c1cc(OC2CC(=S)C2)nn1-c1ncccc1Cl. The van der Waals surface area contributed by atoms with Crippen LogP contribution in [0.2, 0.25) is 10.0 Å². The number of pyridine rings is 1. The number of hydrogen-bond acceptors (Lipinski definition) is 7. The third kappa shape index (κ3) is 5.05. The lowest BCUT2D eigenvalue weighted by atomic mass is 9.96. The van der Waals surface area contributed by atoms with Crippen molar-refractivity contribution in [3.8, 4) is 11.7 Å². The first kappa shape index (κ1) is 24.1. The highest BCUT2D eigenvalue weighted by atomic mass is 35.5. The van der Waals surface area contributed by atoms with Crippen LogP contribution in [0.5, 0.6) is 5.88 Å². The Bertz CT molecular complexity index is 1290. The van der Waals surface area contributed by atoms with E-state index in [0.29, 0.717) is 28.5 Å². The van der Waals surface area contributed by atoms with Gasteiger partial charge in [-0.15, -0.1) is 5.10 Å². The topological polar surface area (TPSA) is 107 Å². The van der Waals surface area contributed by atoms with Gasteiger partial charge in [-0.3, -0.25) is 14.4 Å². The summed E-state index contributed by atoms with van der Waals surface area (Å²) in [6.45, 7) is 1.71. The lowest BCUT2D eigenvalue weighted by Crippen LogP contribution is -2.32. The number of anilines is 1. The molecular weight excluding hydrogens is 501 g/mol. The molecule has 0 saturated heterocycles. The molecule has 176 valence electrons. The summed E-state index contributed by atoms with van der Waals surface area (Å²) in [5.41, 5.74) is 3.29. The van der Waals surface area contributed by atoms with E-state index in [1.165, 1.54) is 30.1 Å². The molecule has 2 N–H and O–H groups in total. The third-order valence-corrected chi connectivity index (χ3v) is 5.88. The van der Waals surface area contributed by atoms with Crippen molar-refractivity contribution in [1.82, 2.24) is 20.2 Å². The van der Waals surface area contributed by atoms with E-state index in [2.05, 4.69) is 20.9 Å². The number of ether oxygens (including phenoxy) is 1. The fraction of sp³-hybridized carbons (Fsp3) is 0.227. The van der Waals surface area contributed by atoms with Crippen LogP contribution in [0.3, 0.4) is 0 Å². The predicted molar refractivity (Wildman–Crippen MR) is 131 cm³/mol. The Morgan fingerprint density at radius 1 is 1.21 bits per heavy atom. The van der Waals surface area contributed by atoms with Crippen LogP contribution in [-0.2, 0) is 4.84 Å². The molecule has 34 heavy (non-hydrogen) atoms. The predicted octanol–water partition coefficient (Wildman–Crippen LogP) is 4.34. The van der Waals surface area contributed by atoms with Crippen LogP contribution >= 0.6 is 35.4 Å². The van der Waals surface area contributed by atoms with Gasteiger partial charge in [0.25, 0.3) is 11.8 Å². The van der Waals surface area contributed by atoms with Gasteiger partial charge in [-0.1, -0.05) is 35.4 Å². The second-order valence-electron chi connectivity index (χ2n) is 7.51. The number of nitrogens with one attached hydrogen (secondary N) is 2. The molecule has 0 atom stereocenters. The quantitative estimate of drug-likeness (QED) is 0.353. The standard InChI is InChI=1S/C22H19Cl2N5O4S/c1-11-6-12(23)7-15(21(30)28-32-2)19(11)26-22(31)17-10-18(33-13-8-14(34)9-13)27-29(17)20-16(24)4-3-5-25-20/h3-7,10,13H,8-9H2,1-2H3,(H,26,31)(H,28,30). The van der Waals surface area contributed by atoms with Gasteiger partial charge in [-0.25, -0.2) is 15.1 Å². The molecule has 0 aliphatic heterocycles. The molecule has 4 rings (SSSR count). The van der Waals surface area contributed by atoms with Crippen molar-refractivity contribution in [2.75, 3.05) is 12.4 Å². The molecule has 1 aliphatic rings. The molecule has 2 aromatic heterocycles. The molecule has 12 heteroatoms. The molecular formula is C22H19Cl2N5O4S. The van der Waals surface area contributed by atoms with Gasteiger partial charge in [0.1, 0.15) is 11.8 Å². The van der Waals surface area contributed by atoms with Crippen LogP contribution in [0.25, 0.3) is 5.82 Å². The van der Waals surface area contributed by atoms with Crippen molar-refractivity contribution in [3.63, 3.8) is 0 Å². The number of aromatic nitrogens is 3. The molecule has 1 saturated carbocycles. The maximum atomic E-state index is 13.4. The van der Waals surface area contributed by atoms with Gasteiger partial charge in [0.05, 0.1) is 23.4 Å². The van der Waals surface area contributed by atoms with Gasteiger partial charge in [0.2, 0.25) is 5.88 Å². The number of nitrogens with zero attached hydrogens (tertiary/aromatic N) is 3.